The van der Waals surface area contributed by atoms with Gasteiger partial charge in [-0.3, -0.25) is 4.98 Å². The van der Waals surface area contributed by atoms with Crippen molar-refractivity contribution in [3.8, 4) is 0 Å². The Morgan fingerprint density at radius 1 is 1.31 bits per heavy atom. The van der Waals surface area contributed by atoms with E-state index in [0.717, 1.165) is 0 Å². The van der Waals surface area contributed by atoms with E-state index in [9.17, 15) is 13.2 Å². The van der Waals surface area contributed by atoms with Crippen LogP contribution in [0, 0.1) is 0 Å². The second-order valence-electron chi connectivity index (χ2n) is 2.38. The molecule has 2 aromatic heterocycles. The second-order valence-corrected chi connectivity index (χ2v) is 2.38. The monoisotopic (exact) mass is 188 g/mol. The molecule has 0 aliphatic carbocycles. The topological polar surface area (TPSA) is 38.9 Å². The Morgan fingerprint density at radius 2 is 2.08 bits per heavy atom. The van der Waals surface area contributed by atoms with Gasteiger partial charge < -0.3 is 4.52 Å². The molecule has 0 aliphatic heterocycles. The quantitative estimate of drug-likeness (QED) is 0.636. The van der Waals surface area contributed by atoms with E-state index in [1.165, 1.54) is 18.3 Å². The first-order chi connectivity index (χ1) is 6.09. The third-order valence-corrected chi connectivity index (χ3v) is 1.50. The molecule has 0 saturated heterocycles. The van der Waals surface area contributed by atoms with Crippen LogP contribution in [0.3, 0.4) is 0 Å². The molecule has 0 radical (unpaired) electrons. The summed E-state index contributed by atoms with van der Waals surface area (Å²) in [6.45, 7) is 0. The Balaban J connectivity index is 2.72. The number of alkyl halides is 3. The number of rotatable bonds is 0. The molecule has 0 atom stereocenters. The van der Waals surface area contributed by atoms with Gasteiger partial charge in [-0.05, 0) is 12.1 Å². The van der Waals surface area contributed by atoms with Gasteiger partial charge in [-0.2, -0.15) is 13.2 Å². The Labute approximate surface area is 70.2 Å². The zero-order chi connectivity index (χ0) is 9.47. The van der Waals surface area contributed by atoms with Gasteiger partial charge in [-0.15, -0.1) is 0 Å². The number of halogens is 3. The fraction of sp³-hybridized carbons (Fsp3) is 0.143. The van der Waals surface area contributed by atoms with Crippen LogP contribution in [0.5, 0.6) is 0 Å². The van der Waals surface area contributed by atoms with Crippen molar-refractivity contribution in [3.63, 3.8) is 0 Å². The average Bonchev–Trinajstić information content (AvgIpc) is 2.45. The molecule has 0 aromatic carbocycles. The maximum absolute atomic E-state index is 12.2. The Kier molecular flexibility index (Phi) is 1.51. The summed E-state index contributed by atoms with van der Waals surface area (Å²) in [5.74, 6) is 0. The SMILES string of the molecule is FC(F)(F)c1noc2cccnc12. The van der Waals surface area contributed by atoms with E-state index in [0.29, 0.717) is 0 Å². The van der Waals surface area contributed by atoms with Crippen molar-refractivity contribution < 1.29 is 17.7 Å². The Bertz CT molecular complexity index is 434. The molecule has 3 nitrogen and oxygen atoms in total. The zero-order valence-electron chi connectivity index (χ0n) is 6.17. The highest BCUT2D eigenvalue weighted by Gasteiger charge is 2.37. The van der Waals surface area contributed by atoms with Crippen molar-refractivity contribution in [1.29, 1.82) is 0 Å². The smallest absolute Gasteiger partial charge is 0.354 e. The number of aromatic nitrogens is 2. The Morgan fingerprint density at radius 3 is 2.77 bits per heavy atom. The normalized spacial score (nSPS) is 12.2. The Hall–Kier alpha value is -1.59. The van der Waals surface area contributed by atoms with Gasteiger partial charge in [0.1, 0.15) is 5.52 Å². The van der Waals surface area contributed by atoms with E-state index >= 15 is 0 Å². The van der Waals surface area contributed by atoms with E-state index in [2.05, 4.69) is 14.7 Å². The van der Waals surface area contributed by atoms with Gasteiger partial charge in [0.15, 0.2) is 5.58 Å². The van der Waals surface area contributed by atoms with Gasteiger partial charge in [0.2, 0.25) is 5.69 Å². The lowest BCUT2D eigenvalue weighted by Crippen LogP contribution is -2.05. The van der Waals surface area contributed by atoms with Crippen LogP contribution in [0.2, 0.25) is 0 Å². The van der Waals surface area contributed by atoms with Gasteiger partial charge in [0.25, 0.3) is 0 Å². The summed E-state index contributed by atoms with van der Waals surface area (Å²) in [6.07, 6.45) is -3.26. The molecule has 0 bridgehead atoms. The van der Waals surface area contributed by atoms with Crippen LogP contribution in [0.15, 0.2) is 22.9 Å². The van der Waals surface area contributed by atoms with Crippen LogP contribution in [-0.4, -0.2) is 10.1 Å². The van der Waals surface area contributed by atoms with Gasteiger partial charge in [0.05, 0.1) is 0 Å². The molecular weight excluding hydrogens is 185 g/mol. The summed E-state index contributed by atoms with van der Waals surface area (Å²) < 4.78 is 41.0. The van der Waals surface area contributed by atoms with Crippen LogP contribution in [0.4, 0.5) is 13.2 Å². The summed E-state index contributed by atoms with van der Waals surface area (Å²) in [5, 5.41) is 2.90. The van der Waals surface area contributed by atoms with E-state index in [4.69, 9.17) is 0 Å². The molecule has 2 rings (SSSR count). The molecule has 0 N–H and O–H groups in total. The van der Waals surface area contributed by atoms with E-state index in [1.807, 2.05) is 0 Å². The lowest BCUT2D eigenvalue weighted by Gasteiger charge is -1.98. The van der Waals surface area contributed by atoms with Crippen LogP contribution in [-0.2, 0) is 6.18 Å². The number of pyridine rings is 1. The number of fused-ring (bicyclic) bond motifs is 1. The molecule has 6 heteroatoms. The first-order valence-electron chi connectivity index (χ1n) is 3.36. The van der Waals surface area contributed by atoms with Crippen molar-refractivity contribution >= 4 is 11.1 Å². The molecule has 0 amide bonds. The van der Waals surface area contributed by atoms with Crippen LogP contribution in [0.25, 0.3) is 11.1 Å². The highest BCUT2D eigenvalue weighted by atomic mass is 19.4. The van der Waals surface area contributed by atoms with Gasteiger partial charge in [0, 0.05) is 6.20 Å². The van der Waals surface area contributed by atoms with Crippen LogP contribution in [0.1, 0.15) is 5.69 Å². The molecular formula is C7H3F3N2O. The van der Waals surface area contributed by atoms with Gasteiger partial charge in [-0.25, -0.2) is 0 Å². The largest absolute Gasteiger partial charge is 0.438 e. The average molecular weight is 188 g/mol. The maximum Gasteiger partial charge on any atom is 0.438 e. The predicted octanol–water partition coefficient (Wildman–Crippen LogP) is 2.24. The highest BCUT2D eigenvalue weighted by molar-refractivity contribution is 5.74. The molecule has 68 valence electrons. The standard InChI is InChI=1S/C7H3F3N2O/c8-7(9,10)6-5-4(13-12-6)2-1-3-11-5/h1-3H. The van der Waals surface area contributed by atoms with Crippen molar-refractivity contribution in [2.45, 2.75) is 6.18 Å². The summed E-state index contributed by atoms with van der Waals surface area (Å²) in [4.78, 5) is 3.53. The van der Waals surface area contributed by atoms with Gasteiger partial charge in [-0.1, -0.05) is 5.16 Å². The van der Waals surface area contributed by atoms with E-state index in [-0.39, 0.29) is 11.1 Å². The highest BCUT2D eigenvalue weighted by Crippen LogP contribution is 2.32. The molecule has 0 saturated carbocycles. The molecule has 0 spiro atoms. The summed E-state index contributed by atoms with van der Waals surface area (Å²) in [7, 11) is 0. The van der Waals surface area contributed by atoms with Crippen LogP contribution >= 0.6 is 0 Å². The molecule has 2 heterocycles. The minimum absolute atomic E-state index is 0.0369. The third kappa shape index (κ3) is 1.24. The maximum atomic E-state index is 12.2. The second kappa shape index (κ2) is 2.45. The van der Waals surface area contributed by atoms with Crippen molar-refractivity contribution in [2.75, 3.05) is 0 Å². The lowest BCUT2D eigenvalue weighted by atomic mass is 10.3. The summed E-state index contributed by atoms with van der Waals surface area (Å²) in [6, 6.07) is 2.86. The summed E-state index contributed by atoms with van der Waals surface area (Å²) >= 11 is 0. The lowest BCUT2D eigenvalue weighted by molar-refractivity contribution is -0.141. The van der Waals surface area contributed by atoms with Gasteiger partial charge >= 0.3 is 6.18 Å². The summed E-state index contributed by atoms with van der Waals surface area (Å²) in [5.41, 5.74) is -1.30. The predicted molar refractivity (Wildman–Crippen MR) is 36.8 cm³/mol. The number of nitrogens with zero attached hydrogens (tertiary/aromatic N) is 2. The number of hydrogen-bond acceptors (Lipinski definition) is 3. The minimum atomic E-state index is -4.51. The van der Waals surface area contributed by atoms with E-state index < -0.39 is 11.9 Å². The molecule has 0 fully saturated rings. The molecule has 0 aliphatic rings. The minimum Gasteiger partial charge on any atom is -0.354 e. The first kappa shape index (κ1) is 8.03. The van der Waals surface area contributed by atoms with E-state index in [1.54, 1.807) is 0 Å². The van der Waals surface area contributed by atoms with Crippen molar-refractivity contribution in [2.24, 2.45) is 0 Å². The van der Waals surface area contributed by atoms with Crippen LogP contribution < -0.4 is 0 Å². The zero-order valence-corrected chi connectivity index (χ0v) is 6.17. The van der Waals surface area contributed by atoms with Crippen molar-refractivity contribution in [3.05, 3.63) is 24.0 Å². The first-order valence-corrected chi connectivity index (χ1v) is 3.36. The number of hydrogen-bond donors (Lipinski definition) is 0. The van der Waals surface area contributed by atoms with Crippen molar-refractivity contribution in [1.82, 2.24) is 10.1 Å². The molecule has 0 unspecified atom stereocenters. The fourth-order valence-electron chi connectivity index (χ4n) is 0.966. The molecule has 2 aromatic rings. The fourth-order valence-corrected chi connectivity index (χ4v) is 0.966. The molecule has 13 heavy (non-hydrogen) atoms. The third-order valence-electron chi connectivity index (χ3n) is 1.50.